The summed E-state index contributed by atoms with van der Waals surface area (Å²) in [7, 11) is 0. The van der Waals surface area contributed by atoms with Gasteiger partial charge in [0.2, 0.25) is 5.91 Å². The molecule has 1 amide bonds. The van der Waals surface area contributed by atoms with Crippen molar-refractivity contribution in [1.82, 2.24) is 29.3 Å². The smallest absolute Gasteiger partial charge is 0.219 e. The number of aromatic nitrogens is 5. The molecule has 1 aliphatic rings. The number of halogens is 1. The maximum absolute atomic E-state index is 14.3. The van der Waals surface area contributed by atoms with E-state index in [4.69, 9.17) is 0 Å². The van der Waals surface area contributed by atoms with Gasteiger partial charge in [-0.3, -0.25) is 9.48 Å². The predicted molar refractivity (Wildman–Crippen MR) is 115 cm³/mol. The van der Waals surface area contributed by atoms with Gasteiger partial charge in [0.15, 0.2) is 5.82 Å². The first kappa shape index (κ1) is 20.2. The van der Waals surface area contributed by atoms with E-state index in [0.717, 1.165) is 35.9 Å². The monoisotopic (exact) mass is 447 g/mol. The SMILES string of the molecule is CC(=O)N1CC[C@H](n2cc(-c3cc(Sc4ncccc4F)c4c(C#N)cnn4c3)cn2)C1. The largest absolute Gasteiger partial charge is 0.341 e. The molecular weight excluding hydrogens is 429 g/mol. The minimum absolute atomic E-state index is 0.0701. The van der Waals surface area contributed by atoms with Crippen LogP contribution in [0, 0.1) is 17.1 Å². The second kappa shape index (κ2) is 8.09. The Labute approximate surface area is 187 Å². The Bertz CT molecular complexity index is 1370. The molecule has 0 N–H and O–H groups in total. The third kappa shape index (κ3) is 3.61. The highest BCUT2D eigenvalue weighted by Crippen LogP contribution is 2.36. The molecule has 1 saturated heterocycles. The summed E-state index contributed by atoms with van der Waals surface area (Å²) >= 11 is 1.15. The Morgan fingerprint density at radius 3 is 2.91 bits per heavy atom. The Morgan fingerprint density at radius 1 is 1.28 bits per heavy atom. The summed E-state index contributed by atoms with van der Waals surface area (Å²) in [5, 5.41) is 18.5. The average Bonchev–Trinajstić information content (AvgIpc) is 3.53. The molecule has 0 aromatic carbocycles. The fourth-order valence-corrected chi connectivity index (χ4v) is 4.86. The van der Waals surface area contributed by atoms with Gasteiger partial charge in [-0.15, -0.1) is 0 Å². The van der Waals surface area contributed by atoms with Gasteiger partial charge in [0.25, 0.3) is 0 Å². The summed E-state index contributed by atoms with van der Waals surface area (Å²) in [5.74, 6) is -0.358. The van der Waals surface area contributed by atoms with Crippen LogP contribution < -0.4 is 0 Å². The zero-order valence-electron chi connectivity index (χ0n) is 17.1. The van der Waals surface area contributed by atoms with Crippen molar-refractivity contribution in [3.63, 3.8) is 0 Å². The van der Waals surface area contributed by atoms with E-state index in [1.54, 1.807) is 17.6 Å². The minimum atomic E-state index is -0.428. The van der Waals surface area contributed by atoms with Crippen LogP contribution in [-0.2, 0) is 4.79 Å². The maximum Gasteiger partial charge on any atom is 0.219 e. The van der Waals surface area contributed by atoms with Gasteiger partial charge in [-0.1, -0.05) is 11.8 Å². The molecular formula is C22H18FN7OS. The first-order valence-corrected chi connectivity index (χ1v) is 10.8. The van der Waals surface area contributed by atoms with E-state index in [1.165, 1.54) is 24.5 Å². The Balaban J connectivity index is 1.53. The topological polar surface area (TPSA) is 92.1 Å². The van der Waals surface area contributed by atoms with Gasteiger partial charge >= 0.3 is 0 Å². The summed E-state index contributed by atoms with van der Waals surface area (Å²) in [6, 6.07) is 7.06. The second-order valence-electron chi connectivity index (χ2n) is 7.57. The molecule has 10 heteroatoms. The third-order valence-corrected chi connectivity index (χ3v) is 6.57. The van der Waals surface area contributed by atoms with Crippen LogP contribution >= 0.6 is 11.8 Å². The molecule has 32 heavy (non-hydrogen) atoms. The van der Waals surface area contributed by atoms with Gasteiger partial charge in [0.1, 0.15) is 11.1 Å². The normalized spacial score (nSPS) is 15.9. The number of hydrogen-bond acceptors (Lipinski definition) is 6. The molecule has 160 valence electrons. The van der Waals surface area contributed by atoms with Crippen LogP contribution in [0.2, 0.25) is 0 Å². The van der Waals surface area contributed by atoms with E-state index in [0.29, 0.717) is 22.5 Å². The predicted octanol–water partition coefficient (Wildman–Crippen LogP) is 3.55. The molecule has 8 nitrogen and oxygen atoms in total. The molecule has 1 aliphatic heterocycles. The van der Waals surface area contributed by atoms with Crippen molar-refractivity contribution in [2.45, 2.75) is 29.3 Å². The van der Waals surface area contributed by atoms with Crippen LogP contribution in [0.15, 0.2) is 59.1 Å². The van der Waals surface area contributed by atoms with E-state index in [1.807, 2.05) is 28.0 Å². The van der Waals surface area contributed by atoms with Crippen LogP contribution in [0.4, 0.5) is 4.39 Å². The number of rotatable bonds is 4. The molecule has 1 atom stereocenters. The van der Waals surface area contributed by atoms with E-state index >= 15 is 0 Å². The second-order valence-corrected chi connectivity index (χ2v) is 8.60. The zero-order chi connectivity index (χ0) is 22.2. The van der Waals surface area contributed by atoms with Gasteiger partial charge in [-0.05, 0) is 24.6 Å². The number of carbonyl (C=O) groups is 1. The number of carbonyl (C=O) groups excluding carboxylic acids is 1. The molecule has 0 saturated carbocycles. The Morgan fingerprint density at radius 2 is 2.16 bits per heavy atom. The van der Waals surface area contributed by atoms with Gasteiger partial charge in [0, 0.05) is 54.6 Å². The van der Waals surface area contributed by atoms with Crippen LogP contribution in [-0.4, -0.2) is 48.3 Å². The molecule has 0 aliphatic carbocycles. The van der Waals surface area contributed by atoms with Crippen LogP contribution in [0.1, 0.15) is 24.9 Å². The van der Waals surface area contributed by atoms with Crippen molar-refractivity contribution < 1.29 is 9.18 Å². The number of fused-ring (bicyclic) bond motifs is 1. The number of nitriles is 1. The highest BCUT2D eigenvalue weighted by atomic mass is 32.2. The molecule has 0 spiro atoms. The number of likely N-dealkylation sites (tertiary alicyclic amines) is 1. The molecule has 4 aromatic rings. The fraction of sp³-hybridized carbons (Fsp3) is 0.227. The summed E-state index contributed by atoms with van der Waals surface area (Å²) < 4.78 is 17.8. The highest BCUT2D eigenvalue weighted by molar-refractivity contribution is 7.99. The van der Waals surface area contributed by atoms with Crippen LogP contribution in [0.3, 0.4) is 0 Å². The van der Waals surface area contributed by atoms with Crippen molar-refractivity contribution in [3.8, 4) is 17.2 Å². The maximum atomic E-state index is 14.3. The van der Waals surface area contributed by atoms with E-state index in [-0.39, 0.29) is 17.0 Å². The lowest BCUT2D eigenvalue weighted by Crippen LogP contribution is -2.26. The first-order valence-electron chi connectivity index (χ1n) is 10.0. The number of amides is 1. The third-order valence-electron chi connectivity index (χ3n) is 5.55. The molecule has 5 heterocycles. The molecule has 0 bridgehead atoms. The molecule has 5 rings (SSSR count). The van der Waals surface area contributed by atoms with Crippen molar-refractivity contribution >= 4 is 23.2 Å². The summed E-state index contributed by atoms with van der Waals surface area (Å²) in [6.07, 6.45) is 9.42. The quantitative estimate of drug-likeness (QED) is 0.475. The average molecular weight is 447 g/mol. The Kier molecular flexibility index (Phi) is 5.11. The van der Waals surface area contributed by atoms with Crippen LogP contribution in [0.5, 0.6) is 0 Å². The van der Waals surface area contributed by atoms with Gasteiger partial charge < -0.3 is 4.90 Å². The van der Waals surface area contributed by atoms with Gasteiger partial charge in [0.05, 0.1) is 29.5 Å². The van der Waals surface area contributed by atoms with Crippen molar-refractivity contribution in [1.29, 1.82) is 5.26 Å². The minimum Gasteiger partial charge on any atom is -0.341 e. The van der Waals surface area contributed by atoms with Crippen molar-refractivity contribution in [2.24, 2.45) is 0 Å². The van der Waals surface area contributed by atoms with Gasteiger partial charge in [-0.25, -0.2) is 13.9 Å². The summed E-state index contributed by atoms with van der Waals surface area (Å²) in [5.41, 5.74) is 2.70. The van der Waals surface area contributed by atoms with E-state index in [2.05, 4.69) is 21.3 Å². The van der Waals surface area contributed by atoms with Crippen LogP contribution in [0.25, 0.3) is 16.6 Å². The molecule has 1 fully saturated rings. The lowest BCUT2D eigenvalue weighted by molar-refractivity contribution is -0.127. The lowest BCUT2D eigenvalue weighted by Gasteiger charge is -2.14. The first-order chi connectivity index (χ1) is 15.5. The highest BCUT2D eigenvalue weighted by Gasteiger charge is 2.26. The lowest BCUT2D eigenvalue weighted by atomic mass is 10.1. The summed E-state index contributed by atoms with van der Waals surface area (Å²) in [4.78, 5) is 18.3. The number of hydrogen-bond donors (Lipinski definition) is 0. The Hall–Kier alpha value is -3.71. The van der Waals surface area contributed by atoms with Gasteiger partial charge in [-0.2, -0.15) is 15.5 Å². The molecule has 4 aromatic heterocycles. The van der Waals surface area contributed by atoms with Crippen molar-refractivity contribution in [3.05, 3.63) is 60.6 Å². The molecule has 0 unspecified atom stereocenters. The standard InChI is InChI=1S/C22H18FN7OS/c1-14(31)28-6-4-18(13-28)29-12-17(10-26-29)15-7-20(32-22-19(23)3-2-5-25-22)21-16(8-24)9-27-30(21)11-15/h2-3,5,7,9-12,18H,4,6,13H2,1H3/t18-/m0/s1. The zero-order valence-corrected chi connectivity index (χ0v) is 18.0. The van der Waals surface area contributed by atoms with E-state index < -0.39 is 5.82 Å². The number of pyridine rings is 2. The molecule has 0 radical (unpaired) electrons. The summed E-state index contributed by atoms with van der Waals surface area (Å²) in [6.45, 7) is 2.94. The van der Waals surface area contributed by atoms with Crippen molar-refractivity contribution in [2.75, 3.05) is 13.1 Å². The fourth-order valence-electron chi connectivity index (χ4n) is 3.88. The van der Waals surface area contributed by atoms with E-state index in [9.17, 15) is 14.4 Å². The number of nitrogens with zero attached hydrogens (tertiary/aromatic N) is 7.